The van der Waals surface area contributed by atoms with Crippen molar-refractivity contribution in [1.82, 2.24) is 4.90 Å². The van der Waals surface area contributed by atoms with Gasteiger partial charge in [0, 0.05) is 12.4 Å². The number of rotatable bonds is 4. The molecule has 0 aromatic rings. The maximum atomic E-state index is 12.0. The normalized spacial score (nSPS) is 20.7. The fraction of sp³-hybridized carbons (Fsp3) is 1.00. The summed E-state index contributed by atoms with van der Waals surface area (Å²) in [6, 6.07) is 0. The summed E-state index contributed by atoms with van der Waals surface area (Å²) < 4.78 is 23.3. The molecule has 0 atom stereocenters. The van der Waals surface area contributed by atoms with E-state index in [0.717, 1.165) is 31.8 Å². The van der Waals surface area contributed by atoms with Crippen molar-refractivity contribution in [3.8, 4) is 0 Å². The Balaban J connectivity index is 2.38. The standard InChI is InChI=1S/C12H24ClNO2S/c1-12(2,3)17(15,16)9-8-14-6-4-11(10-13)5-7-14/h11H,4-10H2,1-3H3. The predicted octanol–water partition coefficient (Wildman–Crippen LogP) is 2.15. The van der Waals surface area contributed by atoms with E-state index in [-0.39, 0.29) is 5.75 Å². The number of hydrogen-bond donors (Lipinski definition) is 0. The zero-order chi connectivity index (χ0) is 13.1. The van der Waals surface area contributed by atoms with Gasteiger partial charge in [-0.05, 0) is 52.6 Å². The van der Waals surface area contributed by atoms with E-state index in [1.165, 1.54) is 0 Å². The summed E-state index contributed by atoms with van der Waals surface area (Å²) in [6.07, 6.45) is 2.19. The summed E-state index contributed by atoms with van der Waals surface area (Å²) in [7, 11) is -2.98. The molecule has 0 N–H and O–H groups in total. The molecule has 3 nitrogen and oxygen atoms in total. The van der Waals surface area contributed by atoms with Gasteiger partial charge < -0.3 is 4.90 Å². The van der Waals surface area contributed by atoms with Gasteiger partial charge in [-0.1, -0.05) is 0 Å². The molecule has 1 rings (SSSR count). The van der Waals surface area contributed by atoms with E-state index in [4.69, 9.17) is 11.6 Å². The highest BCUT2D eigenvalue weighted by Gasteiger charge is 2.29. The highest BCUT2D eigenvalue weighted by molar-refractivity contribution is 7.92. The SMILES string of the molecule is CC(C)(C)S(=O)(=O)CCN1CCC(CCl)CC1. The molecule has 0 amide bonds. The minimum atomic E-state index is -2.98. The number of alkyl halides is 1. The van der Waals surface area contributed by atoms with E-state index in [9.17, 15) is 8.42 Å². The molecular weight excluding hydrogens is 258 g/mol. The van der Waals surface area contributed by atoms with Crippen LogP contribution in [0.4, 0.5) is 0 Å². The monoisotopic (exact) mass is 281 g/mol. The molecule has 0 unspecified atom stereocenters. The zero-order valence-electron chi connectivity index (χ0n) is 11.1. The number of piperidine rings is 1. The quantitative estimate of drug-likeness (QED) is 0.741. The summed E-state index contributed by atoms with van der Waals surface area (Å²) in [5.41, 5.74) is 0. The van der Waals surface area contributed by atoms with Gasteiger partial charge in [0.2, 0.25) is 0 Å². The molecule has 17 heavy (non-hydrogen) atoms. The highest BCUT2D eigenvalue weighted by Crippen LogP contribution is 2.20. The number of halogens is 1. The van der Waals surface area contributed by atoms with Crippen LogP contribution >= 0.6 is 11.6 Å². The molecular formula is C12H24ClNO2S. The van der Waals surface area contributed by atoms with Crippen molar-refractivity contribution < 1.29 is 8.42 Å². The van der Waals surface area contributed by atoms with Crippen LogP contribution in [0.1, 0.15) is 33.6 Å². The molecule has 5 heteroatoms. The van der Waals surface area contributed by atoms with Crippen molar-refractivity contribution in [2.24, 2.45) is 5.92 Å². The van der Waals surface area contributed by atoms with Gasteiger partial charge in [0.05, 0.1) is 10.5 Å². The van der Waals surface area contributed by atoms with Gasteiger partial charge in [-0.25, -0.2) is 8.42 Å². The lowest BCUT2D eigenvalue weighted by atomic mass is 9.99. The van der Waals surface area contributed by atoms with Gasteiger partial charge in [0.1, 0.15) is 0 Å². The summed E-state index contributed by atoms with van der Waals surface area (Å²) in [4.78, 5) is 2.24. The Hall–Kier alpha value is 0.200. The lowest BCUT2D eigenvalue weighted by Gasteiger charge is -2.31. The number of nitrogens with zero attached hydrogens (tertiary/aromatic N) is 1. The third kappa shape index (κ3) is 4.42. The van der Waals surface area contributed by atoms with Gasteiger partial charge in [-0.2, -0.15) is 0 Å². The molecule has 0 spiro atoms. The Morgan fingerprint density at radius 3 is 2.18 bits per heavy atom. The number of hydrogen-bond acceptors (Lipinski definition) is 3. The van der Waals surface area contributed by atoms with Crippen molar-refractivity contribution in [1.29, 1.82) is 0 Å². The molecule has 0 radical (unpaired) electrons. The summed E-state index contributed by atoms with van der Waals surface area (Å²) in [5, 5.41) is 0. The van der Waals surface area contributed by atoms with Crippen LogP contribution in [-0.4, -0.2) is 49.3 Å². The lowest BCUT2D eigenvalue weighted by Crippen LogP contribution is -2.40. The first-order chi connectivity index (χ1) is 7.76. The molecule has 1 fully saturated rings. The van der Waals surface area contributed by atoms with Crippen molar-refractivity contribution in [2.45, 2.75) is 38.4 Å². The molecule has 102 valence electrons. The minimum absolute atomic E-state index is 0.266. The fourth-order valence-electron chi connectivity index (χ4n) is 1.92. The Bertz CT molecular complexity index is 327. The Labute approximate surface area is 110 Å². The van der Waals surface area contributed by atoms with Crippen molar-refractivity contribution in [3.05, 3.63) is 0 Å². The Kier molecular flexibility index (Phi) is 5.29. The van der Waals surface area contributed by atoms with Crippen LogP contribution < -0.4 is 0 Å². The first-order valence-corrected chi connectivity index (χ1v) is 8.45. The minimum Gasteiger partial charge on any atom is -0.302 e. The van der Waals surface area contributed by atoms with Gasteiger partial charge in [0.15, 0.2) is 9.84 Å². The molecule has 1 aliphatic heterocycles. The second-order valence-corrected chi connectivity index (χ2v) is 9.04. The average molecular weight is 282 g/mol. The largest absolute Gasteiger partial charge is 0.302 e. The average Bonchev–Trinajstić information content (AvgIpc) is 2.25. The van der Waals surface area contributed by atoms with Crippen molar-refractivity contribution in [2.75, 3.05) is 31.3 Å². The van der Waals surface area contributed by atoms with Crippen LogP contribution in [0.3, 0.4) is 0 Å². The Morgan fingerprint density at radius 1 is 1.24 bits per heavy atom. The molecule has 0 aromatic carbocycles. The first-order valence-electron chi connectivity index (χ1n) is 6.27. The van der Waals surface area contributed by atoms with Crippen LogP contribution in [0.15, 0.2) is 0 Å². The molecule has 1 aliphatic rings. The maximum absolute atomic E-state index is 12.0. The fourth-order valence-corrected chi connectivity index (χ4v) is 3.34. The second kappa shape index (κ2) is 5.89. The molecule has 1 heterocycles. The van der Waals surface area contributed by atoms with Crippen LogP contribution in [0.2, 0.25) is 0 Å². The number of sulfone groups is 1. The van der Waals surface area contributed by atoms with Crippen LogP contribution in [0.5, 0.6) is 0 Å². The van der Waals surface area contributed by atoms with E-state index in [1.807, 2.05) is 0 Å². The zero-order valence-corrected chi connectivity index (χ0v) is 12.6. The van der Waals surface area contributed by atoms with Crippen LogP contribution in [0.25, 0.3) is 0 Å². The van der Waals surface area contributed by atoms with Gasteiger partial charge >= 0.3 is 0 Å². The predicted molar refractivity (Wildman–Crippen MR) is 73.4 cm³/mol. The van der Waals surface area contributed by atoms with E-state index in [2.05, 4.69) is 4.90 Å². The Morgan fingerprint density at radius 2 is 1.76 bits per heavy atom. The van der Waals surface area contributed by atoms with Crippen LogP contribution in [-0.2, 0) is 9.84 Å². The van der Waals surface area contributed by atoms with Gasteiger partial charge in [0.25, 0.3) is 0 Å². The summed E-state index contributed by atoms with van der Waals surface area (Å²) in [5.74, 6) is 1.61. The number of likely N-dealkylation sites (tertiary alicyclic amines) is 1. The second-order valence-electron chi connectivity index (χ2n) is 5.87. The molecule has 0 aliphatic carbocycles. The molecule has 0 aromatic heterocycles. The maximum Gasteiger partial charge on any atom is 0.156 e. The topological polar surface area (TPSA) is 37.4 Å². The van der Waals surface area contributed by atoms with E-state index >= 15 is 0 Å². The third-order valence-electron chi connectivity index (χ3n) is 3.53. The van der Waals surface area contributed by atoms with Crippen LogP contribution in [0, 0.1) is 5.92 Å². The van der Waals surface area contributed by atoms with Gasteiger partial charge in [-0.3, -0.25) is 0 Å². The lowest BCUT2D eigenvalue weighted by molar-refractivity contribution is 0.203. The summed E-state index contributed by atoms with van der Waals surface area (Å²) >= 11 is 5.82. The molecule has 0 bridgehead atoms. The molecule has 0 saturated carbocycles. The third-order valence-corrected chi connectivity index (χ3v) is 6.56. The molecule has 1 saturated heterocycles. The van der Waals surface area contributed by atoms with Crippen molar-refractivity contribution in [3.63, 3.8) is 0 Å². The summed E-state index contributed by atoms with van der Waals surface area (Å²) in [6.45, 7) is 7.93. The van der Waals surface area contributed by atoms with E-state index < -0.39 is 14.6 Å². The van der Waals surface area contributed by atoms with E-state index in [0.29, 0.717) is 12.5 Å². The van der Waals surface area contributed by atoms with E-state index in [1.54, 1.807) is 20.8 Å². The van der Waals surface area contributed by atoms with Crippen molar-refractivity contribution >= 4 is 21.4 Å². The first kappa shape index (κ1) is 15.3. The smallest absolute Gasteiger partial charge is 0.156 e. The highest BCUT2D eigenvalue weighted by atomic mass is 35.5. The van der Waals surface area contributed by atoms with Gasteiger partial charge in [-0.15, -0.1) is 11.6 Å².